The number of hydrogen-bond acceptors (Lipinski definition) is 0. The monoisotopic (exact) mass is 352 g/mol. The van der Waals surface area contributed by atoms with E-state index in [9.17, 15) is 0 Å². The van der Waals surface area contributed by atoms with E-state index in [-0.39, 0.29) is 6.71 Å². The van der Waals surface area contributed by atoms with Gasteiger partial charge in [-0.2, -0.15) is 0 Å². The van der Waals surface area contributed by atoms with Crippen LogP contribution in [0.2, 0.25) is 0 Å². The van der Waals surface area contributed by atoms with Crippen molar-refractivity contribution >= 4 is 29.2 Å². The molecular formula is C26H29B. The van der Waals surface area contributed by atoms with Crippen molar-refractivity contribution in [3.63, 3.8) is 0 Å². The van der Waals surface area contributed by atoms with Gasteiger partial charge in [0.15, 0.2) is 0 Å². The minimum absolute atomic E-state index is 0.242. The number of aryl methyl sites for hydroxylation is 6. The summed E-state index contributed by atoms with van der Waals surface area (Å²) in [6.07, 6.45) is 1.94. The van der Waals surface area contributed by atoms with Crippen molar-refractivity contribution in [1.29, 1.82) is 0 Å². The van der Waals surface area contributed by atoms with Gasteiger partial charge in [0.2, 0.25) is 6.71 Å². The van der Waals surface area contributed by atoms with Gasteiger partial charge in [0.25, 0.3) is 0 Å². The zero-order valence-corrected chi connectivity index (χ0v) is 17.5. The fourth-order valence-corrected chi connectivity index (χ4v) is 4.58. The number of hydrogen-bond donors (Lipinski definition) is 0. The van der Waals surface area contributed by atoms with Crippen LogP contribution in [0.4, 0.5) is 0 Å². The molecule has 0 radical (unpaired) electrons. The molecule has 27 heavy (non-hydrogen) atoms. The Balaban J connectivity index is 2.42. The maximum absolute atomic E-state index is 3.96. The van der Waals surface area contributed by atoms with E-state index in [1.807, 2.05) is 6.08 Å². The maximum Gasteiger partial charge on any atom is 0.243 e. The molecule has 0 N–H and O–H groups in total. The molecule has 0 atom stereocenters. The zero-order chi connectivity index (χ0) is 19.7. The van der Waals surface area contributed by atoms with Gasteiger partial charge in [-0.1, -0.05) is 111 Å². The number of rotatable bonds is 4. The molecule has 0 unspecified atom stereocenters. The van der Waals surface area contributed by atoms with Crippen LogP contribution in [-0.4, -0.2) is 6.71 Å². The quantitative estimate of drug-likeness (QED) is 0.597. The van der Waals surface area contributed by atoms with Crippen LogP contribution in [0.15, 0.2) is 55.1 Å². The highest BCUT2D eigenvalue weighted by Gasteiger charge is 2.30. The van der Waals surface area contributed by atoms with Crippen LogP contribution in [0.5, 0.6) is 0 Å². The molecule has 0 aromatic heterocycles. The molecule has 3 rings (SSSR count). The highest BCUT2D eigenvalue weighted by Crippen LogP contribution is 2.14. The molecule has 0 amide bonds. The molecule has 0 fully saturated rings. The van der Waals surface area contributed by atoms with Crippen LogP contribution in [0.3, 0.4) is 0 Å². The first-order valence-corrected chi connectivity index (χ1v) is 9.71. The first kappa shape index (κ1) is 19.2. The van der Waals surface area contributed by atoms with Gasteiger partial charge < -0.3 is 0 Å². The van der Waals surface area contributed by atoms with E-state index >= 15 is 0 Å². The standard InChI is InChI=1S/C26H29B/c1-8-23-15-21(6)26(22(7)16-23)27(24-17(2)11-9-12-18(24)3)25-19(4)13-10-14-20(25)5/h8-16H,1H2,2-7H3. The normalized spacial score (nSPS) is 10.7. The highest BCUT2D eigenvalue weighted by molar-refractivity contribution is 6.97. The minimum atomic E-state index is 0.242. The summed E-state index contributed by atoms with van der Waals surface area (Å²) in [4.78, 5) is 0. The lowest BCUT2D eigenvalue weighted by atomic mass is 9.33. The molecule has 0 heterocycles. The van der Waals surface area contributed by atoms with Crippen molar-refractivity contribution in [2.45, 2.75) is 41.5 Å². The first-order chi connectivity index (χ1) is 12.8. The second-order valence-corrected chi connectivity index (χ2v) is 7.82. The third kappa shape index (κ3) is 3.51. The van der Waals surface area contributed by atoms with Crippen LogP contribution in [0.25, 0.3) is 6.08 Å². The summed E-state index contributed by atoms with van der Waals surface area (Å²) >= 11 is 0. The lowest BCUT2D eigenvalue weighted by Gasteiger charge is -2.26. The van der Waals surface area contributed by atoms with Gasteiger partial charge in [0.1, 0.15) is 0 Å². The Morgan fingerprint density at radius 2 is 0.926 bits per heavy atom. The van der Waals surface area contributed by atoms with E-state index in [4.69, 9.17) is 0 Å². The van der Waals surface area contributed by atoms with Crippen molar-refractivity contribution < 1.29 is 0 Å². The smallest absolute Gasteiger partial charge is 0.0985 e. The van der Waals surface area contributed by atoms with E-state index in [1.165, 1.54) is 55.3 Å². The maximum atomic E-state index is 3.96. The molecular weight excluding hydrogens is 323 g/mol. The largest absolute Gasteiger partial charge is 0.243 e. The minimum Gasteiger partial charge on any atom is -0.0985 e. The van der Waals surface area contributed by atoms with Crippen molar-refractivity contribution in [2.24, 2.45) is 0 Å². The Kier molecular flexibility index (Phi) is 5.42. The van der Waals surface area contributed by atoms with Gasteiger partial charge in [0.05, 0.1) is 0 Å². The van der Waals surface area contributed by atoms with Gasteiger partial charge in [-0.3, -0.25) is 0 Å². The lowest BCUT2D eigenvalue weighted by molar-refractivity contribution is 1.38. The predicted molar refractivity (Wildman–Crippen MR) is 122 cm³/mol. The van der Waals surface area contributed by atoms with Crippen LogP contribution in [0.1, 0.15) is 38.9 Å². The molecule has 3 aromatic rings. The zero-order valence-electron chi connectivity index (χ0n) is 17.5. The molecule has 3 aromatic carbocycles. The molecule has 0 spiro atoms. The summed E-state index contributed by atoms with van der Waals surface area (Å²) < 4.78 is 0. The van der Waals surface area contributed by atoms with Crippen molar-refractivity contribution in [3.8, 4) is 0 Å². The van der Waals surface area contributed by atoms with E-state index < -0.39 is 0 Å². The van der Waals surface area contributed by atoms with Gasteiger partial charge in [0, 0.05) is 0 Å². The average Bonchev–Trinajstić information content (AvgIpc) is 2.60. The molecule has 0 aliphatic heterocycles. The Hall–Kier alpha value is -2.54. The second-order valence-electron chi connectivity index (χ2n) is 7.82. The molecule has 136 valence electrons. The van der Waals surface area contributed by atoms with E-state index in [2.05, 4.69) is 96.7 Å². The third-order valence-corrected chi connectivity index (χ3v) is 5.80. The SMILES string of the molecule is C=Cc1cc(C)c(B(c2c(C)cccc2C)c2c(C)cccc2C)c(C)c1. The average molecular weight is 352 g/mol. The molecule has 0 saturated carbocycles. The Morgan fingerprint density at radius 1 is 0.593 bits per heavy atom. The fourth-order valence-electron chi connectivity index (χ4n) is 4.58. The first-order valence-electron chi connectivity index (χ1n) is 9.71. The topological polar surface area (TPSA) is 0 Å². The Morgan fingerprint density at radius 3 is 1.26 bits per heavy atom. The van der Waals surface area contributed by atoms with E-state index in [1.54, 1.807) is 0 Å². The third-order valence-electron chi connectivity index (χ3n) is 5.80. The van der Waals surface area contributed by atoms with Gasteiger partial charge in [-0.15, -0.1) is 0 Å². The summed E-state index contributed by atoms with van der Waals surface area (Å²) in [7, 11) is 0. The van der Waals surface area contributed by atoms with E-state index in [0.29, 0.717) is 0 Å². The highest BCUT2D eigenvalue weighted by atomic mass is 14.1. The summed E-state index contributed by atoms with van der Waals surface area (Å²) in [5.41, 5.74) is 13.6. The fraction of sp³-hybridized carbons (Fsp3) is 0.231. The summed E-state index contributed by atoms with van der Waals surface area (Å²) in [6.45, 7) is 17.6. The summed E-state index contributed by atoms with van der Waals surface area (Å²) in [5, 5.41) is 0. The van der Waals surface area contributed by atoms with Crippen LogP contribution >= 0.6 is 0 Å². The summed E-state index contributed by atoms with van der Waals surface area (Å²) in [5.74, 6) is 0. The molecule has 0 bridgehead atoms. The second kappa shape index (κ2) is 7.60. The van der Waals surface area contributed by atoms with Crippen molar-refractivity contribution in [2.75, 3.05) is 0 Å². The van der Waals surface area contributed by atoms with Crippen LogP contribution in [-0.2, 0) is 0 Å². The molecule has 0 aliphatic rings. The Labute approximate surface area is 165 Å². The van der Waals surface area contributed by atoms with E-state index in [0.717, 1.165) is 0 Å². The number of benzene rings is 3. The van der Waals surface area contributed by atoms with Crippen LogP contribution in [0, 0.1) is 41.5 Å². The van der Waals surface area contributed by atoms with Crippen molar-refractivity contribution in [1.82, 2.24) is 0 Å². The molecule has 0 nitrogen and oxygen atoms in total. The van der Waals surface area contributed by atoms with Gasteiger partial charge >= 0.3 is 0 Å². The molecule has 0 saturated heterocycles. The molecule has 1 heteroatoms. The lowest BCUT2D eigenvalue weighted by Crippen LogP contribution is -2.57. The summed E-state index contributed by atoms with van der Waals surface area (Å²) in [6, 6.07) is 17.8. The predicted octanol–water partition coefficient (Wildman–Crippen LogP) is 4.70. The molecule has 0 aliphatic carbocycles. The van der Waals surface area contributed by atoms with Crippen LogP contribution < -0.4 is 16.4 Å². The van der Waals surface area contributed by atoms with Gasteiger partial charge in [-0.25, -0.2) is 0 Å². The van der Waals surface area contributed by atoms with Gasteiger partial charge in [-0.05, 0) is 47.1 Å². The van der Waals surface area contributed by atoms with Crippen molar-refractivity contribution in [3.05, 3.63) is 94.1 Å². The Bertz CT molecular complexity index is 896.